The van der Waals surface area contributed by atoms with Gasteiger partial charge >= 0.3 is 0 Å². The summed E-state index contributed by atoms with van der Waals surface area (Å²) in [4.78, 5) is 8.69. The maximum absolute atomic E-state index is 5.69. The van der Waals surface area contributed by atoms with Gasteiger partial charge in [-0.15, -0.1) is 0 Å². The van der Waals surface area contributed by atoms with Crippen LogP contribution < -0.4 is 11.1 Å². The van der Waals surface area contributed by atoms with Crippen molar-refractivity contribution in [3.8, 4) is 0 Å². The molecule has 0 spiro atoms. The van der Waals surface area contributed by atoms with E-state index in [1.165, 1.54) is 0 Å². The van der Waals surface area contributed by atoms with Crippen LogP contribution in [0, 0.1) is 6.92 Å². The first-order chi connectivity index (χ1) is 7.16. The Kier molecular flexibility index (Phi) is 2.83. The standard InChI is InChI=1S/C10H16N4O/c1-6(11)3-12-10-8-4-15-5-9(8)13-7(2)14-10/h6H,3-5,11H2,1-2H3,(H,12,13,14). The van der Waals surface area contributed by atoms with Gasteiger partial charge in [-0.05, 0) is 13.8 Å². The molecule has 0 fully saturated rings. The fraction of sp³-hybridized carbons (Fsp3) is 0.600. The minimum atomic E-state index is 0.109. The van der Waals surface area contributed by atoms with Gasteiger partial charge in [-0.3, -0.25) is 0 Å². The van der Waals surface area contributed by atoms with Crippen molar-refractivity contribution in [3.05, 3.63) is 17.1 Å². The van der Waals surface area contributed by atoms with Gasteiger partial charge in [0.15, 0.2) is 0 Å². The molecule has 1 atom stereocenters. The molecule has 3 N–H and O–H groups in total. The van der Waals surface area contributed by atoms with E-state index in [0.717, 1.165) is 22.9 Å². The van der Waals surface area contributed by atoms with Gasteiger partial charge in [-0.1, -0.05) is 0 Å². The van der Waals surface area contributed by atoms with Crippen LogP contribution in [-0.2, 0) is 18.0 Å². The average Bonchev–Trinajstić information content (AvgIpc) is 2.61. The van der Waals surface area contributed by atoms with E-state index in [9.17, 15) is 0 Å². The molecule has 2 heterocycles. The number of rotatable bonds is 3. The molecule has 1 aliphatic heterocycles. The van der Waals surface area contributed by atoms with E-state index < -0.39 is 0 Å². The van der Waals surface area contributed by atoms with Crippen LogP contribution in [0.2, 0.25) is 0 Å². The lowest BCUT2D eigenvalue weighted by Crippen LogP contribution is -2.26. The van der Waals surface area contributed by atoms with Gasteiger partial charge in [0, 0.05) is 18.2 Å². The second-order valence-electron chi connectivity index (χ2n) is 3.90. The van der Waals surface area contributed by atoms with Gasteiger partial charge < -0.3 is 15.8 Å². The normalized spacial score (nSPS) is 16.2. The van der Waals surface area contributed by atoms with Crippen LogP contribution in [0.3, 0.4) is 0 Å². The zero-order chi connectivity index (χ0) is 10.8. The number of anilines is 1. The van der Waals surface area contributed by atoms with Crippen molar-refractivity contribution in [2.45, 2.75) is 33.1 Å². The highest BCUT2D eigenvalue weighted by Gasteiger charge is 2.18. The quantitative estimate of drug-likeness (QED) is 0.760. The summed E-state index contributed by atoms with van der Waals surface area (Å²) in [6, 6.07) is 0.109. The van der Waals surface area contributed by atoms with Crippen molar-refractivity contribution < 1.29 is 4.74 Å². The molecule has 0 bridgehead atoms. The Bertz CT molecular complexity index is 365. The Morgan fingerprint density at radius 1 is 1.47 bits per heavy atom. The van der Waals surface area contributed by atoms with Crippen molar-refractivity contribution in [2.24, 2.45) is 5.73 Å². The Morgan fingerprint density at radius 2 is 2.27 bits per heavy atom. The van der Waals surface area contributed by atoms with E-state index in [1.54, 1.807) is 0 Å². The van der Waals surface area contributed by atoms with Crippen LogP contribution in [0.25, 0.3) is 0 Å². The molecule has 0 saturated carbocycles. The lowest BCUT2D eigenvalue weighted by Gasteiger charge is -2.11. The van der Waals surface area contributed by atoms with E-state index >= 15 is 0 Å². The Morgan fingerprint density at radius 3 is 3.00 bits per heavy atom. The second kappa shape index (κ2) is 4.12. The lowest BCUT2D eigenvalue weighted by atomic mass is 10.2. The number of nitrogens with two attached hydrogens (primary N) is 1. The molecule has 15 heavy (non-hydrogen) atoms. The lowest BCUT2D eigenvalue weighted by molar-refractivity contribution is 0.133. The van der Waals surface area contributed by atoms with Crippen molar-refractivity contribution in [3.63, 3.8) is 0 Å². The molecule has 0 aromatic carbocycles. The number of hydrogen-bond donors (Lipinski definition) is 2. The van der Waals surface area contributed by atoms with Gasteiger partial charge in [0.05, 0.1) is 18.9 Å². The van der Waals surface area contributed by atoms with Crippen LogP contribution in [0.1, 0.15) is 24.0 Å². The van der Waals surface area contributed by atoms with Gasteiger partial charge in [-0.25, -0.2) is 9.97 Å². The van der Waals surface area contributed by atoms with Gasteiger partial charge in [-0.2, -0.15) is 0 Å². The molecule has 1 aromatic heterocycles. The predicted octanol–water partition coefficient (Wildman–Crippen LogP) is 0.574. The van der Waals surface area contributed by atoms with Crippen LogP contribution in [0.5, 0.6) is 0 Å². The van der Waals surface area contributed by atoms with Crippen LogP contribution in [-0.4, -0.2) is 22.6 Å². The third-order valence-corrected chi connectivity index (χ3v) is 2.28. The summed E-state index contributed by atoms with van der Waals surface area (Å²) < 4.78 is 5.34. The molecule has 0 aliphatic carbocycles. The smallest absolute Gasteiger partial charge is 0.135 e. The van der Waals surface area contributed by atoms with Gasteiger partial charge in [0.2, 0.25) is 0 Å². The largest absolute Gasteiger partial charge is 0.370 e. The molecule has 0 radical (unpaired) electrons. The number of nitrogens with one attached hydrogen (secondary N) is 1. The highest BCUT2D eigenvalue weighted by atomic mass is 16.5. The summed E-state index contributed by atoms with van der Waals surface area (Å²) in [7, 11) is 0. The molecule has 1 aliphatic rings. The Hall–Kier alpha value is -1.20. The maximum Gasteiger partial charge on any atom is 0.135 e. The maximum atomic E-state index is 5.69. The van der Waals surface area contributed by atoms with E-state index in [2.05, 4.69) is 15.3 Å². The first-order valence-electron chi connectivity index (χ1n) is 5.10. The predicted molar refractivity (Wildman–Crippen MR) is 57.4 cm³/mol. The van der Waals surface area contributed by atoms with Gasteiger partial charge in [0.1, 0.15) is 11.6 Å². The number of aryl methyl sites for hydroxylation is 1. The summed E-state index contributed by atoms with van der Waals surface area (Å²) in [6.07, 6.45) is 0. The summed E-state index contributed by atoms with van der Waals surface area (Å²) in [5, 5.41) is 3.23. The average molecular weight is 208 g/mol. The van der Waals surface area contributed by atoms with Crippen molar-refractivity contribution in [1.82, 2.24) is 9.97 Å². The third-order valence-electron chi connectivity index (χ3n) is 2.28. The number of aromatic nitrogens is 2. The topological polar surface area (TPSA) is 73.1 Å². The molecule has 82 valence electrons. The first-order valence-corrected chi connectivity index (χ1v) is 5.10. The number of fused-ring (bicyclic) bond motifs is 1. The fourth-order valence-corrected chi connectivity index (χ4v) is 1.58. The van der Waals surface area contributed by atoms with E-state index in [4.69, 9.17) is 10.5 Å². The van der Waals surface area contributed by atoms with Crippen LogP contribution in [0.4, 0.5) is 5.82 Å². The van der Waals surface area contributed by atoms with Gasteiger partial charge in [0.25, 0.3) is 0 Å². The Balaban J connectivity index is 2.22. The summed E-state index contributed by atoms with van der Waals surface area (Å²) in [6.45, 7) is 5.73. The number of nitrogens with zero attached hydrogens (tertiary/aromatic N) is 2. The SMILES string of the molecule is Cc1nc2c(c(NCC(C)N)n1)COC2. The summed E-state index contributed by atoms with van der Waals surface area (Å²) >= 11 is 0. The van der Waals surface area contributed by atoms with Crippen molar-refractivity contribution >= 4 is 5.82 Å². The summed E-state index contributed by atoms with van der Waals surface area (Å²) in [5.41, 5.74) is 7.75. The molecule has 5 heteroatoms. The molecule has 1 aromatic rings. The number of hydrogen-bond acceptors (Lipinski definition) is 5. The summed E-state index contributed by atoms with van der Waals surface area (Å²) in [5.74, 6) is 1.64. The molecule has 2 rings (SSSR count). The number of ether oxygens (including phenoxy) is 1. The van der Waals surface area contributed by atoms with Crippen LogP contribution >= 0.6 is 0 Å². The molecular weight excluding hydrogens is 192 g/mol. The van der Waals surface area contributed by atoms with Crippen molar-refractivity contribution in [1.29, 1.82) is 0 Å². The van der Waals surface area contributed by atoms with E-state index in [1.807, 2.05) is 13.8 Å². The highest BCUT2D eigenvalue weighted by molar-refractivity contribution is 5.47. The monoisotopic (exact) mass is 208 g/mol. The third kappa shape index (κ3) is 2.24. The van der Waals surface area contributed by atoms with E-state index in [0.29, 0.717) is 19.8 Å². The minimum Gasteiger partial charge on any atom is -0.370 e. The molecule has 1 unspecified atom stereocenters. The highest BCUT2D eigenvalue weighted by Crippen LogP contribution is 2.24. The van der Waals surface area contributed by atoms with Crippen LogP contribution in [0.15, 0.2) is 0 Å². The second-order valence-corrected chi connectivity index (χ2v) is 3.90. The molecular formula is C10H16N4O. The van der Waals surface area contributed by atoms with Crippen molar-refractivity contribution in [2.75, 3.05) is 11.9 Å². The Labute approximate surface area is 89.1 Å². The van der Waals surface area contributed by atoms with E-state index in [-0.39, 0.29) is 6.04 Å². The first kappa shape index (κ1) is 10.3. The zero-order valence-electron chi connectivity index (χ0n) is 9.08. The molecule has 5 nitrogen and oxygen atoms in total. The fourth-order valence-electron chi connectivity index (χ4n) is 1.58. The molecule has 0 amide bonds. The molecule has 0 saturated heterocycles. The zero-order valence-corrected chi connectivity index (χ0v) is 9.08. The minimum absolute atomic E-state index is 0.109.